The Bertz CT molecular complexity index is 530. The number of rotatable bonds is 3. The summed E-state index contributed by atoms with van der Waals surface area (Å²) in [6, 6.07) is 7.61. The number of furan rings is 1. The summed E-state index contributed by atoms with van der Waals surface area (Å²) < 4.78 is 6.54. The highest BCUT2D eigenvalue weighted by molar-refractivity contribution is 9.10. The normalized spacial score (nSPS) is 12.9. The maximum Gasteiger partial charge on any atom is 0.306 e. The molecule has 16 heavy (non-hydrogen) atoms. The zero-order valence-corrected chi connectivity index (χ0v) is 10.3. The molecule has 4 heteroatoms. The molecule has 1 aromatic carbocycles. The van der Waals surface area contributed by atoms with Crippen LogP contribution >= 0.6 is 15.9 Å². The van der Waals surface area contributed by atoms with E-state index in [0.717, 1.165) is 15.4 Å². The third kappa shape index (κ3) is 2.27. The molecule has 0 spiro atoms. The fraction of sp³-hybridized carbons (Fsp3) is 0.250. The topological polar surface area (TPSA) is 50.4 Å². The van der Waals surface area contributed by atoms with Crippen LogP contribution in [0.1, 0.15) is 12.7 Å². The lowest BCUT2D eigenvalue weighted by molar-refractivity contribution is -0.141. The maximum atomic E-state index is 10.7. The van der Waals surface area contributed by atoms with Gasteiger partial charge in [-0.25, -0.2) is 0 Å². The second-order valence-corrected chi connectivity index (χ2v) is 4.75. The lowest BCUT2D eigenvalue weighted by Gasteiger charge is -2.01. The van der Waals surface area contributed by atoms with E-state index in [4.69, 9.17) is 9.52 Å². The van der Waals surface area contributed by atoms with Crippen LogP contribution in [0.3, 0.4) is 0 Å². The van der Waals surface area contributed by atoms with E-state index in [1.54, 1.807) is 6.92 Å². The van der Waals surface area contributed by atoms with Gasteiger partial charge in [-0.2, -0.15) is 0 Å². The Morgan fingerprint density at radius 3 is 2.94 bits per heavy atom. The molecule has 1 atom stereocenters. The van der Waals surface area contributed by atoms with Crippen LogP contribution in [0.5, 0.6) is 0 Å². The van der Waals surface area contributed by atoms with Gasteiger partial charge in [-0.3, -0.25) is 4.79 Å². The molecule has 1 aromatic heterocycles. The van der Waals surface area contributed by atoms with Crippen molar-refractivity contribution in [2.24, 2.45) is 5.92 Å². The molecule has 2 aromatic rings. The number of halogens is 1. The summed E-state index contributed by atoms with van der Waals surface area (Å²) in [4.78, 5) is 10.7. The minimum Gasteiger partial charge on any atom is -0.481 e. The van der Waals surface area contributed by atoms with Crippen molar-refractivity contribution in [2.75, 3.05) is 0 Å². The molecule has 3 nitrogen and oxygen atoms in total. The van der Waals surface area contributed by atoms with Gasteiger partial charge in [-0.1, -0.05) is 22.9 Å². The highest BCUT2D eigenvalue weighted by Crippen LogP contribution is 2.24. The predicted molar refractivity (Wildman–Crippen MR) is 64.4 cm³/mol. The molecule has 0 aliphatic heterocycles. The van der Waals surface area contributed by atoms with Gasteiger partial charge < -0.3 is 9.52 Å². The number of aliphatic carboxylic acids is 1. The van der Waals surface area contributed by atoms with E-state index in [9.17, 15) is 4.79 Å². The van der Waals surface area contributed by atoms with Crippen molar-refractivity contribution in [3.63, 3.8) is 0 Å². The Balaban J connectivity index is 2.29. The van der Waals surface area contributed by atoms with Crippen molar-refractivity contribution in [3.05, 3.63) is 34.5 Å². The molecule has 0 radical (unpaired) electrons. The molecule has 0 aliphatic carbocycles. The Kier molecular flexibility index (Phi) is 3.01. The van der Waals surface area contributed by atoms with E-state index >= 15 is 0 Å². The smallest absolute Gasteiger partial charge is 0.306 e. The largest absolute Gasteiger partial charge is 0.481 e. The second-order valence-electron chi connectivity index (χ2n) is 3.84. The standard InChI is InChI=1S/C12H11BrO3/c1-7(12(14)15)4-10-6-8-5-9(13)2-3-11(8)16-10/h2-3,5-7H,4H2,1H3,(H,14,15). The molecular formula is C12H11BrO3. The summed E-state index contributed by atoms with van der Waals surface area (Å²) in [6.07, 6.45) is 0.418. The molecule has 0 bridgehead atoms. The summed E-state index contributed by atoms with van der Waals surface area (Å²) in [5, 5.41) is 9.80. The van der Waals surface area contributed by atoms with Gasteiger partial charge in [0.25, 0.3) is 0 Å². The van der Waals surface area contributed by atoms with Gasteiger partial charge >= 0.3 is 5.97 Å². The van der Waals surface area contributed by atoms with Gasteiger partial charge in [0.15, 0.2) is 0 Å². The number of benzene rings is 1. The maximum absolute atomic E-state index is 10.7. The molecule has 1 N–H and O–H groups in total. The molecular weight excluding hydrogens is 272 g/mol. The average Bonchev–Trinajstić information content (AvgIpc) is 2.58. The third-order valence-corrected chi connectivity index (χ3v) is 2.95. The molecule has 0 aliphatic rings. The third-order valence-electron chi connectivity index (χ3n) is 2.46. The average molecular weight is 283 g/mol. The summed E-state index contributed by atoms with van der Waals surface area (Å²) in [5.41, 5.74) is 0.788. The monoisotopic (exact) mass is 282 g/mol. The first kappa shape index (κ1) is 11.2. The fourth-order valence-electron chi connectivity index (χ4n) is 1.56. The first-order valence-corrected chi connectivity index (χ1v) is 5.76. The quantitative estimate of drug-likeness (QED) is 0.938. The highest BCUT2D eigenvalue weighted by atomic mass is 79.9. The minimum atomic E-state index is -0.804. The van der Waals surface area contributed by atoms with Gasteiger partial charge in [0, 0.05) is 16.3 Å². The van der Waals surface area contributed by atoms with Crippen LogP contribution in [-0.4, -0.2) is 11.1 Å². The van der Waals surface area contributed by atoms with Crippen LogP contribution in [0.15, 0.2) is 33.2 Å². The Hall–Kier alpha value is -1.29. The molecule has 1 heterocycles. The molecule has 84 valence electrons. The van der Waals surface area contributed by atoms with E-state index < -0.39 is 11.9 Å². The second kappa shape index (κ2) is 4.29. The molecule has 0 saturated heterocycles. The molecule has 0 fully saturated rings. The van der Waals surface area contributed by atoms with Crippen molar-refractivity contribution < 1.29 is 14.3 Å². The number of carbonyl (C=O) groups is 1. The molecule has 0 saturated carbocycles. The zero-order valence-electron chi connectivity index (χ0n) is 8.74. The fourth-order valence-corrected chi connectivity index (χ4v) is 1.94. The SMILES string of the molecule is CC(Cc1cc2cc(Br)ccc2o1)C(=O)O. The molecule has 0 amide bonds. The molecule has 1 unspecified atom stereocenters. The van der Waals surface area contributed by atoms with E-state index in [2.05, 4.69) is 15.9 Å². The van der Waals surface area contributed by atoms with Crippen LogP contribution < -0.4 is 0 Å². The van der Waals surface area contributed by atoms with Gasteiger partial charge in [-0.15, -0.1) is 0 Å². The summed E-state index contributed by atoms with van der Waals surface area (Å²) in [7, 11) is 0. The van der Waals surface area contributed by atoms with Gasteiger partial charge in [0.2, 0.25) is 0 Å². The number of fused-ring (bicyclic) bond motifs is 1. The lowest BCUT2D eigenvalue weighted by Crippen LogP contribution is -2.11. The van der Waals surface area contributed by atoms with Crippen molar-refractivity contribution in [1.82, 2.24) is 0 Å². The first-order valence-electron chi connectivity index (χ1n) is 4.97. The van der Waals surface area contributed by atoms with Crippen LogP contribution in [0.25, 0.3) is 11.0 Å². The van der Waals surface area contributed by atoms with E-state index in [1.165, 1.54) is 0 Å². The zero-order chi connectivity index (χ0) is 11.7. The van der Waals surface area contributed by atoms with E-state index in [-0.39, 0.29) is 0 Å². The predicted octanol–water partition coefficient (Wildman–Crippen LogP) is 3.46. The van der Waals surface area contributed by atoms with Crippen molar-refractivity contribution >= 4 is 32.9 Å². The van der Waals surface area contributed by atoms with Crippen molar-refractivity contribution in [1.29, 1.82) is 0 Å². The van der Waals surface area contributed by atoms with Crippen molar-refractivity contribution in [3.8, 4) is 0 Å². The van der Waals surface area contributed by atoms with Crippen LogP contribution in [0.4, 0.5) is 0 Å². The van der Waals surface area contributed by atoms with E-state index in [0.29, 0.717) is 12.2 Å². The Morgan fingerprint density at radius 1 is 1.50 bits per heavy atom. The minimum absolute atomic E-state index is 0.418. The summed E-state index contributed by atoms with van der Waals surface area (Å²) in [6.45, 7) is 1.67. The lowest BCUT2D eigenvalue weighted by atomic mass is 10.1. The number of hydrogen-bond donors (Lipinski definition) is 1. The van der Waals surface area contributed by atoms with Crippen LogP contribution in [0.2, 0.25) is 0 Å². The summed E-state index contributed by atoms with van der Waals surface area (Å²) >= 11 is 3.38. The van der Waals surface area contributed by atoms with Crippen LogP contribution in [-0.2, 0) is 11.2 Å². The van der Waals surface area contributed by atoms with E-state index in [1.807, 2.05) is 24.3 Å². The summed E-state index contributed by atoms with van der Waals surface area (Å²) in [5.74, 6) is -0.520. The van der Waals surface area contributed by atoms with Gasteiger partial charge in [-0.05, 0) is 24.3 Å². The Morgan fingerprint density at radius 2 is 2.25 bits per heavy atom. The van der Waals surface area contributed by atoms with Gasteiger partial charge in [0.05, 0.1) is 5.92 Å². The Labute approximate surface area is 101 Å². The number of hydrogen-bond acceptors (Lipinski definition) is 2. The van der Waals surface area contributed by atoms with Crippen molar-refractivity contribution in [2.45, 2.75) is 13.3 Å². The van der Waals surface area contributed by atoms with Crippen LogP contribution in [0, 0.1) is 5.92 Å². The number of carboxylic acid groups (broad SMARTS) is 1. The number of carboxylic acids is 1. The first-order chi connectivity index (χ1) is 7.56. The van der Waals surface area contributed by atoms with Gasteiger partial charge in [0.1, 0.15) is 11.3 Å². The highest BCUT2D eigenvalue weighted by Gasteiger charge is 2.14. The molecule has 2 rings (SSSR count).